The van der Waals surface area contributed by atoms with E-state index in [1.165, 1.54) is 30.1 Å². The molecule has 2 saturated heterocycles. The lowest BCUT2D eigenvalue weighted by atomic mass is 9.94. The summed E-state index contributed by atoms with van der Waals surface area (Å²) in [7, 11) is 1.29. The number of aryl methyl sites for hydroxylation is 1. The van der Waals surface area contributed by atoms with Crippen molar-refractivity contribution in [3.8, 4) is 0 Å². The van der Waals surface area contributed by atoms with Crippen LogP contribution in [0.15, 0.2) is 36.4 Å². The van der Waals surface area contributed by atoms with Gasteiger partial charge in [-0.3, -0.25) is 4.79 Å². The van der Waals surface area contributed by atoms with E-state index in [0.29, 0.717) is 49.2 Å². The van der Waals surface area contributed by atoms with Gasteiger partial charge in [-0.2, -0.15) is 26.3 Å². The van der Waals surface area contributed by atoms with E-state index in [4.69, 9.17) is 0 Å². The minimum atomic E-state index is -5.01. The molecule has 1 N–H and O–H groups in total. The van der Waals surface area contributed by atoms with Crippen molar-refractivity contribution in [2.75, 3.05) is 39.8 Å². The number of carbonyl (C=O) groups excluding carboxylic acids is 2. The van der Waals surface area contributed by atoms with E-state index in [2.05, 4.69) is 5.32 Å². The van der Waals surface area contributed by atoms with Gasteiger partial charge in [0.1, 0.15) is 5.82 Å². The van der Waals surface area contributed by atoms with E-state index in [0.717, 1.165) is 4.90 Å². The third-order valence-electron chi connectivity index (χ3n) is 7.61. The number of hydrogen-bond acceptors (Lipinski definition) is 3. The number of alkyl halides is 6. The first-order valence-corrected chi connectivity index (χ1v) is 13.2. The molecule has 0 unspecified atom stereocenters. The first kappa shape index (κ1) is 30.6. The van der Waals surface area contributed by atoms with Crippen LogP contribution < -0.4 is 5.32 Å². The van der Waals surface area contributed by atoms with Crippen LogP contribution in [0.2, 0.25) is 0 Å². The van der Waals surface area contributed by atoms with Crippen molar-refractivity contribution in [1.82, 2.24) is 20.0 Å². The highest BCUT2D eigenvalue weighted by Crippen LogP contribution is 2.37. The number of benzene rings is 2. The molecule has 0 spiro atoms. The number of hydrogen-bond donors (Lipinski definition) is 1. The van der Waals surface area contributed by atoms with Crippen molar-refractivity contribution >= 4 is 11.9 Å². The predicted octanol–water partition coefficient (Wildman–Crippen LogP) is 5.61. The second-order valence-electron chi connectivity index (χ2n) is 10.6. The Morgan fingerprint density at radius 3 is 2.12 bits per heavy atom. The summed E-state index contributed by atoms with van der Waals surface area (Å²) in [4.78, 5) is 31.1. The molecule has 2 aromatic carbocycles. The highest BCUT2D eigenvalue weighted by atomic mass is 19.4. The Morgan fingerprint density at radius 2 is 1.56 bits per heavy atom. The molecular weight excluding hydrogens is 557 g/mol. The molecule has 4 rings (SSSR count). The highest BCUT2D eigenvalue weighted by molar-refractivity contribution is 5.80. The molecule has 2 heterocycles. The fourth-order valence-electron chi connectivity index (χ4n) is 5.49. The second kappa shape index (κ2) is 11.9. The van der Waals surface area contributed by atoms with Crippen LogP contribution in [0.3, 0.4) is 0 Å². The lowest BCUT2D eigenvalue weighted by Crippen LogP contribution is -2.56. The van der Waals surface area contributed by atoms with Gasteiger partial charge in [0, 0.05) is 39.1 Å². The Hall–Kier alpha value is -3.35. The Labute approximate surface area is 233 Å². The average Bonchev–Trinajstić information content (AvgIpc) is 2.91. The second-order valence-corrected chi connectivity index (χ2v) is 10.6. The largest absolute Gasteiger partial charge is 0.416 e. The van der Waals surface area contributed by atoms with E-state index in [9.17, 15) is 40.3 Å². The first-order valence-electron chi connectivity index (χ1n) is 13.2. The molecule has 41 heavy (non-hydrogen) atoms. The standard InChI is InChI=1S/C28H31F7N4O2/c1-17-11-22(29)3-4-23(17)24-16-38(25(40)19-5-7-36-8-6-19)9-10-39(24)26(41)37(2)15-18-12-20(27(30,31)32)14-21(13-18)28(33,34)35/h3-4,11-14,19,24,36H,5-10,15-16H2,1-2H3/t24-/m0/s1. The topological polar surface area (TPSA) is 55.9 Å². The Bertz CT molecular complexity index is 1240. The zero-order valence-corrected chi connectivity index (χ0v) is 22.6. The summed E-state index contributed by atoms with van der Waals surface area (Å²) in [5.41, 5.74) is -2.13. The molecule has 0 saturated carbocycles. The first-order chi connectivity index (χ1) is 19.1. The normalized spacial score (nSPS) is 18.9. The molecule has 1 atom stereocenters. The summed E-state index contributed by atoms with van der Waals surface area (Å²) in [6, 6.07) is 3.95. The Balaban J connectivity index is 1.60. The van der Waals surface area contributed by atoms with Crippen LogP contribution in [-0.2, 0) is 23.7 Å². The quantitative estimate of drug-likeness (QED) is 0.473. The molecule has 0 bridgehead atoms. The fourth-order valence-corrected chi connectivity index (χ4v) is 5.49. The third-order valence-corrected chi connectivity index (χ3v) is 7.61. The molecule has 3 amide bonds. The molecule has 2 fully saturated rings. The average molecular weight is 589 g/mol. The van der Waals surface area contributed by atoms with E-state index in [1.54, 1.807) is 11.8 Å². The summed E-state index contributed by atoms with van der Waals surface area (Å²) >= 11 is 0. The van der Waals surface area contributed by atoms with Crippen molar-refractivity contribution in [3.63, 3.8) is 0 Å². The Morgan fingerprint density at radius 1 is 0.951 bits per heavy atom. The summed E-state index contributed by atoms with van der Waals surface area (Å²) < 4.78 is 94.0. The molecule has 2 aliphatic heterocycles. The van der Waals surface area contributed by atoms with Crippen molar-refractivity contribution in [2.24, 2.45) is 5.92 Å². The van der Waals surface area contributed by atoms with Crippen molar-refractivity contribution in [1.29, 1.82) is 0 Å². The molecule has 13 heteroatoms. The lowest BCUT2D eigenvalue weighted by Gasteiger charge is -2.44. The summed E-state index contributed by atoms with van der Waals surface area (Å²) in [6.45, 7) is 2.99. The number of amides is 3. The molecule has 0 radical (unpaired) electrons. The van der Waals surface area contributed by atoms with E-state index < -0.39 is 47.9 Å². The van der Waals surface area contributed by atoms with Gasteiger partial charge in [0.2, 0.25) is 5.91 Å². The summed E-state index contributed by atoms with van der Waals surface area (Å²) in [5.74, 6) is -0.690. The number of urea groups is 1. The van der Waals surface area contributed by atoms with Gasteiger partial charge in [0.05, 0.1) is 17.2 Å². The van der Waals surface area contributed by atoms with Gasteiger partial charge in [-0.05, 0) is 79.9 Å². The number of piperazine rings is 1. The minimum absolute atomic E-state index is 0.0390. The van der Waals surface area contributed by atoms with Crippen molar-refractivity contribution in [3.05, 3.63) is 70.0 Å². The van der Waals surface area contributed by atoms with Crippen LogP contribution in [0.5, 0.6) is 0 Å². The van der Waals surface area contributed by atoms with Crippen LogP contribution >= 0.6 is 0 Å². The van der Waals surface area contributed by atoms with Gasteiger partial charge in [0.25, 0.3) is 0 Å². The van der Waals surface area contributed by atoms with Gasteiger partial charge in [-0.25, -0.2) is 9.18 Å². The highest BCUT2D eigenvalue weighted by Gasteiger charge is 2.39. The monoisotopic (exact) mass is 588 g/mol. The van der Waals surface area contributed by atoms with E-state index in [1.807, 2.05) is 0 Å². The number of carbonyl (C=O) groups is 2. The maximum Gasteiger partial charge on any atom is 0.416 e. The smallest absolute Gasteiger partial charge is 0.338 e. The van der Waals surface area contributed by atoms with Crippen LogP contribution in [0.1, 0.15) is 46.7 Å². The van der Waals surface area contributed by atoms with E-state index >= 15 is 0 Å². The maximum absolute atomic E-state index is 13.9. The number of halogens is 7. The Kier molecular flexibility index (Phi) is 8.86. The molecule has 224 valence electrons. The van der Waals surface area contributed by atoms with Gasteiger partial charge in [0.15, 0.2) is 0 Å². The molecule has 6 nitrogen and oxygen atoms in total. The maximum atomic E-state index is 13.9. The van der Waals surface area contributed by atoms with Gasteiger partial charge >= 0.3 is 18.4 Å². The lowest BCUT2D eigenvalue weighted by molar-refractivity contribution is -0.143. The van der Waals surface area contributed by atoms with Crippen LogP contribution in [-0.4, -0.2) is 66.4 Å². The van der Waals surface area contributed by atoms with Crippen molar-refractivity contribution < 1.29 is 40.3 Å². The van der Waals surface area contributed by atoms with Crippen LogP contribution in [0.25, 0.3) is 0 Å². The van der Waals surface area contributed by atoms with Crippen molar-refractivity contribution in [2.45, 2.75) is 44.7 Å². The van der Waals surface area contributed by atoms with Gasteiger partial charge in [-0.1, -0.05) is 6.07 Å². The van der Waals surface area contributed by atoms with Gasteiger partial charge in [-0.15, -0.1) is 0 Å². The molecular formula is C28H31F7N4O2. The van der Waals surface area contributed by atoms with Crippen LogP contribution in [0.4, 0.5) is 35.5 Å². The zero-order chi connectivity index (χ0) is 30.1. The van der Waals surface area contributed by atoms with E-state index in [-0.39, 0.29) is 43.1 Å². The zero-order valence-electron chi connectivity index (χ0n) is 22.6. The molecule has 0 aliphatic carbocycles. The SMILES string of the molecule is Cc1cc(F)ccc1[C@@H]1CN(C(=O)C2CCNCC2)CCN1C(=O)N(C)Cc1cc(C(F)(F)F)cc(C(F)(F)F)c1. The predicted molar refractivity (Wildman–Crippen MR) is 136 cm³/mol. The molecule has 2 aromatic rings. The number of rotatable bonds is 4. The summed E-state index contributed by atoms with van der Waals surface area (Å²) in [6.07, 6.45) is -8.67. The fraction of sp³-hybridized carbons (Fsp3) is 0.500. The minimum Gasteiger partial charge on any atom is -0.338 e. The molecule has 2 aliphatic rings. The van der Waals surface area contributed by atoms with Gasteiger partial charge < -0.3 is 20.0 Å². The number of nitrogens with one attached hydrogen (secondary N) is 1. The molecule has 0 aromatic heterocycles. The summed E-state index contributed by atoms with van der Waals surface area (Å²) in [5, 5.41) is 3.21. The van der Waals surface area contributed by atoms with Crippen LogP contribution in [0, 0.1) is 18.7 Å². The number of piperidine rings is 1. The third kappa shape index (κ3) is 7.11. The number of nitrogens with zero attached hydrogens (tertiary/aromatic N) is 3.